The van der Waals surface area contributed by atoms with Gasteiger partial charge >= 0.3 is 0 Å². The van der Waals surface area contributed by atoms with Crippen LogP contribution < -0.4 is 10.4 Å². The largest absolute Gasteiger partial charge is 0.410 e. The highest BCUT2D eigenvalue weighted by Crippen LogP contribution is 2.39. The molecule has 0 bridgehead atoms. The predicted octanol–water partition coefficient (Wildman–Crippen LogP) is 8.24. The van der Waals surface area contributed by atoms with Crippen molar-refractivity contribution in [2.24, 2.45) is 5.92 Å². The first-order valence-electron chi connectivity index (χ1n) is 14.6. The average molecular weight is 577 g/mol. The van der Waals surface area contributed by atoms with Crippen molar-refractivity contribution in [1.29, 1.82) is 0 Å². The predicted molar refractivity (Wildman–Crippen MR) is 178 cm³/mol. The molecule has 2 aromatic carbocycles. The lowest BCUT2D eigenvalue weighted by Gasteiger charge is -2.43. The highest BCUT2D eigenvalue weighted by Gasteiger charge is 2.49. The Hall–Kier alpha value is -2.32. The summed E-state index contributed by atoms with van der Waals surface area (Å²) in [6, 6.07) is 21.6. The molecule has 0 fully saturated rings. The highest BCUT2D eigenvalue weighted by atomic mass is 28.4. The van der Waals surface area contributed by atoms with Gasteiger partial charge in [0.1, 0.15) is 6.29 Å². The maximum absolute atomic E-state index is 10.7. The van der Waals surface area contributed by atoms with Crippen LogP contribution in [0.1, 0.15) is 61.3 Å². The van der Waals surface area contributed by atoms with Crippen molar-refractivity contribution in [2.45, 2.75) is 90.6 Å². The van der Waals surface area contributed by atoms with Crippen LogP contribution in [0.15, 0.2) is 97.1 Å². The highest BCUT2D eigenvalue weighted by molar-refractivity contribution is 6.99. The molecule has 0 unspecified atom stereocenters. The molecule has 0 saturated heterocycles. The SMILES string of the molecule is C[C@H](C/C=C/C=O)[C@H](/C=C\C=C\CCO[Si](c1ccccc1)(c1ccccc1)C(C)(C)C)O[Si](C)(C)C(C)(C)C. The van der Waals surface area contributed by atoms with Gasteiger partial charge < -0.3 is 8.85 Å². The number of aldehydes is 1. The van der Waals surface area contributed by atoms with Gasteiger partial charge in [-0.3, -0.25) is 4.79 Å². The number of rotatable bonds is 14. The fraction of sp³-hybridized carbons (Fsp3) is 0.457. The lowest BCUT2D eigenvalue weighted by molar-refractivity contribution is -0.104. The zero-order chi connectivity index (χ0) is 29.9. The summed E-state index contributed by atoms with van der Waals surface area (Å²) in [5, 5.41) is 2.72. The number of hydrogen-bond acceptors (Lipinski definition) is 3. The second-order valence-corrected chi connectivity index (χ2v) is 22.3. The Morgan fingerprint density at radius 2 is 1.32 bits per heavy atom. The first-order valence-corrected chi connectivity index (χ1v) is 19.4. The van der Waals surface area contributed by atoms with Crippen LogP contribution in [0.2, 0.25) is 23.2 Å². The molecule has 0 spiro atoms. The van der Waals surface area contributed by atoms with E-state index in [4.69, 9.17) is 8.85 Å². The molecular weight excluding hydrogens is 525 g/mol. The van der Waals surface area contributed by atoms with Gasteiger partial charge in [0.25, 0.3) is 8.32 Å². The summed E-state index contributed by atoms with van der Waals surface area (Å²) < 4.78 is 13.8. The van der Waals surface area contributed by atoms with E-state index in [0.717, 1.165) is 19.1 Å². The standard InChI is InChI=1S/C35H52O3Si2/c1-30(22-19-20-28-36)33(38-39(8,9)34(2,3)4)27-18-10-11-21-29-37-40(35(5,6)7,31-23-14-12-15-24-31)32-25-16-13-17-26-32/h10-20,23-28,30,33H,21-22,29H2,1-9H3/b11-10+,20-19+,27-18-/t30-,33+/m1/s1. The lowest BCUT2D eigenvalue weighted by Crippen LogP contribution is -2.66. The fourth-order valence-corrected chi connectivity index (χ4v) is 10.7. The summed E-state index contributed by atoms with van der Waals surface area (Å²) in [5.41, 5.74) is 0. The molecule has 5 heteroatoms. The summed E-state index contributed by atoms with van der Waals surface area (Å²) in [5.74, 6) is 0.272. The Bertz CT molecular complexity index is 1070. The molecule has 0 aliphatic rings. The van der Waals surface area contributed by atoms with Gasteiger partial charge in [-0.15, -0.1) is 0 Å². The maximum Gasteiger partial charge on any atom is 0.261 e. The molecule has 2 atom stereocenters. The average Bonchev–Trinajstić information content (AvgIpc) is 2.89. The maximum atomic E-state index is 10.7. The smallest absolute Gasteiger partial charge is 0.261 e. The van der Waals surface area contributed by atoms with Crippen LogP contribution in [0.25, 0.3) is 0 Å². The Morgan fingerprint density at radius 3 is 1.80 bits per heavy atom. The minimum atomic E-state index is -2.51. The summed E-state index contributed by atoms with van der Waals surface area (Å²) in [6.07, 6.45) is 14.6. The van der Waals surface area contributed by atoms with E-state index in [1.165, 1.54) is 10.4 Å². The van der Waals surface area contributed by atoms with Gasteiger partial charge in [0.15, 0.2) is 8.32 Å². The second-order valence-electron chi connectivity index (χ2n) is 13.2. The zero-order valence-electron chi connectivity index (χ0n) is 26.3. The fourth-order valence-electron chi connectivity index (χ4n) is 4.74. The van der Waals surface area contributed by atoms with Gasteiger partial charge in [-0.05, 0) is 58.4 Å². The molecule has 0 N–H and O–H groups in total. The van der Waals surface area contributed by atoms with Crippen LogP contribution in [0.4, 0.5) is 0 Å². The summed E-state index contributed by atoms with van der Waals surface area (Å²) in [6.45, 7) is 21.2. The van der Waals surface area contributed by atoms with Gasteiger partial charge in [-0.2, -0.15) is 0 Å². The molecule has 0 saturated carbocycles. The normalized spacial score (nSPS) is 15.2. The van der Waals surface area contributed by atoms with Crippen molar-refractivity contribution >= 4 is 33.3 Å². The Balaban J connectivity index is 2.18. The van der Waals surface area contributed by atoms with E-state index in [1.807, 2.05) is 6.08 Å². The third-order valence-electron chi connectivity index (χ3n) is 8.09. The van der Waals surface area contributed by atoms with Crippen LogP contribution in [0, 0.1) is 5.92 Å². The van der Waals surface area contributed by atoms with Crippen LogP contribution >= 0.6 is 0 Å². The Kier molecular flexibility index (Phi) is 12.8. The van der Waals surface area contributed by atoms with Crippen molar-refractivity contribution in [3.05, 3.63) is 97.1 Å². The zero-order valence-corrected chi connectivity index (χ0v) is 28.3. The van der Waals surface area contributed by atoms with E-state index in [2.05, 4.69) is 147 Å². The number of allylic oxidation sites excluding steroid dienone is 4. The minimum absolute atomic E-state index is 0.00444. The molecule has 0 aromatic heterocycles. The van der Waals surface area contributed by atoms with Crippen molar-refractivity contribution in [3.8, 4) is 0 Å². The van der Waals surface area contributed by atoms with Crippen LogP contribution in [-0.4, -0.2) is 35.6 Å². The molecule has 0 radical (unpaired) electrons. The van der Waals surface area contributed by atoms with Crippen molar-refractivity contribution in [2.75, 3.05) is 6.61 Å². The lowest BCUT2D eigenvalue weighted by atomic mass is 10.0. The summed E-state index contributed by atoms with van der Waals surface area (Å²) in [7, 11) is -4.46. The van der Waals surface area contributed by atoms with E-state index in [0.29, 0.717) is 6.61 Å². The van der Waals surface area contributed by atoms with E-state index >= 15 is 0 Å². The molecule has 2 rings (SSSR count). The molecular formula is C35H52O3Si2. The molecule has 0 amide bonds. The first-order chi connectivity index (χ1) is 18.8. The number of benzene rings is 2. The van der Waals surface area contributed by atoms with Gasteiger partial charge in [0.2, 0.25) is 0 Å². The van der Waals surface area contributed by atoms with Gasteiger partial charge in [-0.1, -0.05) is 140 Å². The van der Waals surface area contributed by atoms with Crippen LogP contribution in [-0.2, 0) is 13.6 Å². The van der Waals surface area contributed by atoms with Gasteiger partial charge in [0.05, 0.1) is 6.10 Å². The molecule has 2 aromatic rings. The molecule has 0 heterocycles. The van der Waals surface area contributed by atoms with Gasteiger partial charge in [-0.25, -0.2) is 0 Å². The molecule has 0 aliphatic carbocycles. The monoisotopic (exact) mass is 576 g/mol. The van der Waals surface area contributed by atoms with E-state index in [-0.39, 0.29) is 22.1 Å². The first kappa shape index (κ1) is 33.9. The topological polar surface area (TPSA) is 35.5 Å². The third-order valence-corrected chi connectivity index (χ3v) is 17.6. The van der Waals surface area contributed by atoms with Crippen molar-refractivity contribution in [1.82, 2.24) is 0 Å². The second kappa shape index (κ2) is 15.1. The van der Waals surface area contributed by atoms with Crippen LogP contribution in [0.3, 0.4) is 0 Å². The van der Waals surface area contributed by atoms with Gasteiger partial charge in [0, 0.05) is 6.61 Å². The molecule has 218 valence electrons. The molecule has 0 aliphatic heterocycles. The molecule has 40 heavy (non-hydrogen) atoms. The van der Waals surface area contributed by atoms with Crippen LogP contribution in [0.5, 0.6) is 0 Å². The van der Waals surface area contributed by atoms with E-state index in [9.17, 15) is 4.79 Å². The third kappa shape index (κ3) is 9.10. The number of hydrogen-bond donors (Lipinski definition) is 0. The molecule has 3 nitrogen and oxygen atoms in total. The summed E-state index contributed by atoms with van der Waals surface area (Å²) >= 11 is 0. The van der Waals surface area contributed by atoms with E-state index in [1.54, 1.807) is 6.08 Å². The Morgan fingerprint density at radius 1 is 0.775 bits per heavy atom. The van der Waals surface area contributed by atoms with Crippen molar-refractivity contribution in [3.63, 3.8) is 0 Å². The van der Waals surface area contributed by atoms with E-state index < -0.39 is 16.6 Å². The van der Waals surface area contributed by atoms with Crippen molar-refractivity contribution < 1.29 is 13.6 Å². The number of carbonyl (C=O) groups excluding carboxylic acids is 1. The minimum Gasteiger partial charge on any atom is -0.410 e. The Labute approximate surface area is 246 Å². The number of carbonyl (C=O) groups is 1. The summed E-state index contributed by atoms with van der Waals surface area (Å²) in [4.78, 5) is 10.7. The quantitative estimate of drug-likeness (QED) is 0.0747.